The van der Waals surface area contributed by atoms with Gasteiger partial charge in [-0.15, -0.1) is 0 Å². The predicted molar refractivity (Wildman–Crippen MR) is 85.4 cm³/mol. The zero-order chi connectivity index (χ0) is 14.5. The Morgan fingerprint density at radius 1 is 1.05 bits per heavy atom. The highest BCUT2D eigenvalue weighted by Gasteiger charge is 2.05. The number of nitrogen functional groups attached to an aromatic ring is 1. The third kappa shape index (κ3) is 3.38. The number of hydrogen-bond donors (Lipinski definition) is 2. The summed E-state index contributed by atoms with van der Waals surface area (Å²) in [5.41, 5.74) is 9.96. The highest BCUT2D eigenvalue weighted by Crippen LogP contribution is 2.18. The second kappa shape index (κ2) is 6.24. The summed E-state index contributed by atoms with van der Waals surface area (Å²) < 4.78 is 0. The highest BCUT2D eigenvalue weighted by atomic mass is 15.1. The van der Waals surface area contributed by atoms with Crippen molar-refractivity contribution in [1.82, 2.24) is 0 Å². The predicted octanol–water partition coefficient (Wildman–Crippen LogP) is 3.31. The van der Waals surface area contributed by atoms with Crippen LogP contribution in [0.25, 0.3) is 0 Å². The maximum atomic E-state index is 7.41. The molecule has 2 rings (SSSR count). The van der Waals surface area contributed by atoms with Gasteiger partial charge >= 0.3 is 0 Å². The number of aryl methyl sites for hydroxylation is 1. The molecule has 3 N–H and O–H groups in total. The van der Waals surface area contributed by atoms with Gasteiger partial charge in [-0.2, -0.15) is 0 Å². The molecule has 20 heavy (non-hydrogen) atoms. The van der Waals surface area contributed by atoms with Crippen molar-refractivity contribution < 1.29 is 0 Å². The summed E-state index contributed by atoms with van der Waals surface area (Å²) in [4.78, 5) is 2.32. The Balaban J connectivity index is 2.13. The van der Waals surface area contributed by atoms with Crippen LogP contribution in [-0.2, 0) is 6.54 Å². The zero-order valence-electron chi connectivity index (χ0n) is 12.1. The number of hydrogen-bond acceptors (Lipinski definition) is 2. The van der Waals surface area contributed by atoms with Gasteiger partial charge in [0.25, 0.3) is 0 Å². The van der Waals surface area contributed by atoms with Crippen LogP contribution in [0.3, 0.4) is 0 Å². The summed E-state index contributed by atoms with van der Waals surface area (Å²) in [5, 5.41) is 7.41. The van der Waals surface area contributed by atoms with E-state index in [1.807, 2.05) is 24.3 Å². The summed E-state index contributed by atoms with van der Waals surface area (Å²) in [7, 11) is 0. The lowest BCUT2D eigenvalue weighted by molar-refractivity contribution is 0.831. The van der Waals surface area contributed by atoms with Crippen molar-refractivity contribution in [1.29, 1.82) is 5.41 Å². The zero-order valence-corrected chi connectivity index (χ0v) is 12.1. The van der Waals surface area contributed by atoms with E-state index in [1.165, 1.54) is 16.8 Å². The molecule has 0 aliphatic heterocycles. The fourth-order valence-corrected chi connectivity index (χ4v) is 2.15. The number of anilines is 1. The van der Waals surface area contributed by atoms with Crippen molar-refractivity contribution in [3.63, 3.8) is 0 Å². The molecule has 0 aliphatic carbocycles. The fraction of sp³-hybridized carbons (Fsp3) is 0.235. The third-order valence-corrected chi connectivity index (χ3v) is 3.42. The quantitative estimate of drug-likeness (QED) is 0.645. The Kier molecular flexibility index (Phi) is 4.41. The third-order valence-electron chi connectivity index (χ3n) is 3.42. The van der Waals surface area contributed by atoms with Gasteiger partial charge < -0.3 is 10.6 Å². The molecule has 0 saturated heterocycles. The molecule has 0 radical (unpaired) electrons. The molecule has 2 aromatic rings. The van der Waals surface area contributed by atoms with Gasteiger partial charge in [0.1, 0.15) is 5.84 Å². The van der Waals surface area contributed by atoms with Crippen molar-refractivity contribution in [3.8, 4) is 0 Å². The van der Waals surface area contributed by atoms with Crippen LogP contribution in [0, 0.1) is 12.3 Å². The Morgan fingerprint density at radius 2 is 1.65 bits per heavy atom. The van der Waals surface area contributed by atoms with Crippen LogP contribution < -0.4 is 10.6 Å². The molecule has 3 heteroatoms. The van der Waals surface area contributed by atoms with Crippen LogP contribution >= 0.6 is 0 Å². The number of rotatable bonds is 5. The minimum absolute atomic E-state index is 0.113. The number of nitrogens with one attached hydrogen (secondary N) is 1. The van der Waals surface area contributed by atoms with E-state index in [1.54, 1.807) is 0 Å². The van der Waals surface area contributed by atoms with Crippen molar-refractivity contribution in [2.24, 2.45) is 5.73 Å². The van der Waals surface area contributed by atoms with E-state index in [0.29, 0.717) is 0 Å². The van der Waals surface area contributed by atoms with Crippen LogP contribution in [0.5, 0.6) is 0 Å². The standard InChI is InChI=1S/C17H21N3/c1-3-20(16-10-4-13(2)5-11-16)12-14-6-8-15(9-7-14)17(18)19/h4-11H,3,12H2,1-2H3,(H3,18,19). The van der Waals surface area contributed by atoms with E-state index in [2.05, 4.69) is 43.0 Å². The second-order valence-electron chi connectivity index (χ2n) is 4.96. The van der Waals surface area contributed by atoms with Crippen LogP contribution in [0.4, 0.5) is 5.69 Å². The number of amidine groups is 1. The first-order valence-electron chi connectivity index (χ1n) is 6.85. The molecule has 2 aromatic carbocycles. The van der Waals surface area contributed by atoms with Gasteiger partial charge in [0.15, 0.2) is 0 Å². The Bertz CT molecular complexity index is 570. The van der Waals surface area contributed by atoms with Crippen LogP contribution in [0.1, 0.15) is 23.6 Å². The van der Waals surface area contributed by atoms with Crippen LogP contribution in [-0.4, -0.2) is 12.4 Å². The van der Waals surface area contributed by atoms with E-state index in [4.69, 9.17) is 11.1 Å². The molecule has 0 spiro atoms. The topological polar surface area (TPSA) is 53.1 Å². The minimum atomic E-state index is 0.113. The first kappa shape index (κ1) is 14.1. The molecular formula is C17H21N3. The Morgan fingerprint density at radius 3 is 2.15 bits per heavy atom. The van der Waals surface area contributed by atoms with Gasteiger partial charge in [0.2, 0.25) is 0 Å². The van der Waals surface area contributed by atoms with E-state index >= 15 is 0 Å². The molecule has 0 atom stereocenters. The summed E-state index contributed by atoms with van der Waals surface area (Å²) in [6, 6.07) is 16.5. The van der Waals surface area contributed by atoms with Crippen molar-refractivity contribution in [2.45, 2.75) is 20.4 Å². The molecule has 104 valence electrons. The lowest BCUT2D eigenvalue weighted by Gasteiger charge is -2.23. The van der Waals surface area contributed by atoms with E-state index in [-0.39, 0.29) is 5.84 Å². The normalized spacial score (nSPS) is 10.3. The largest absolute Gasteiger partial charge is 0.384 e. The molecule has 0 amide bonds. The van der Waals surface area contributed by atoms with Crippen molar-refractivity contribution >= 4 is 11.5 Å². The van der Waals surface area contributed by atoms with Gasteiger partial charge in [-0.05, 0) is 31.5 Å². The summed E-state index contributed by atoms with van der Waals surface area (Å²) in [5.74, 6) is 0.113. The number of nitrogens with two attached hydrogens (primary N) is 1. The lowest BCUT2D eigenvalue weighted by Crippen LogP contribution is -2.22. The van der Waals surface area contributed by atoms with Crippen LogP contribution in [0.15, 0.2) is 48.5 Å². The van der Waals surface area contributed by atoms with Gasteiger partial charge in [0, 0.05) is 24.3 Å². The Labute approximate surface area is 120 Å². The molecule has 0 unspecified atom stereocenters. The van der Waals surface area contributed by atoms with Gasteiger partial charge in [-0.25, -0.2) is 0 Å². The maximum Gasteiger partial charge on any atom is 0.122 e. The number of nitrogens with zero attached hydrogens (tertiary/aromatic N) is 1. The second-order valence-corrected chi connectivity index (χ2v) is 4.96. The maximum absolute atomic E-state index is 7.41. The average molecular weight is 267 g/mol. The van der Waals surface area contributed by atoms with E-state index < -0.39 is 0 Å². The van der Waals surface area contributed by atoms with E-state index in [0.717, 1.165) is 18.7 Å². The van der Waals surface area contributed by atoms with Gasteiger partial charge in [-0.1, -0.05) is 42.0 Å². The molecule has 0 fully saturated rings. The van der Waals surface area contributed by atoms with Crippen molar-refractivity contribution in [2.75, 3.05) is 11.4 Å². The Hall–Kier alpha value is -2.29. The SMILES string of the molecule is CCN(Cc1ccc(C(=N)N)cc1)c1ccc(C)cc1. The summed E-state index contributed by atoms with van der Waals surface area (Å²) in [6.07, 6.45) is 0. The molecular weight excluding hydrogens is 246 g/mol. The molecule has 0 heterocycles. The fourth-order valence-electron chi connectivity index (χ4n) is 2.15. The van der Waals surface area contributed by atoms with Gasteiger partial charge in [0.05, 0.1) is 0 Å². The number of benzene rings is 2. The molecule has 0 aromatic heterocycles. The molecule has 3 nitrogen and oxygen atoms in total. The molecule has 0 bridgehead atoms. The van der Waals surface area contributed by atoms with Gasteiger partial charge in [-0.3, -0.25) is 5.41 Å². The van der Waals surface area contributed by atoms with Crippen LogP contribution in [0.2, 0.25) is 0 Å². The summed E-state index contributed by atoms with van der Waals surface area (Å²) >= 11 is 0. The first-order valence-corrected chi connectivity index (χ1v) is 6.85. The first-order chi connectivity index (χ1) is 9.60. The van der Waals surface area contributed by atoms with Crippen molar-refractivity contribution in [3.05, 3.63) is 65.2 Å². The smallest absolute Gasteiger partial charge is 0.122 e. The monoisotopic (exact) mass is 267 g/mol. The lowest BCUT2D eigenvalue weighted by atomic mass is 10.1. The minimum Gasteiger partial charge on any atom is -0.384 e. The molecule has 0 aliphatic rings. The van der Waals surface area contributed by atoms with E-state index in [9.17, 15) is 0 Å². The average Bonchev–Trinajstić information content (AvgIpc) is 2.46. The molecule has 0 saturated carbocycles. The summed E-state index contributed by atoms with van der Waals surface area (Å²) in [6.45, 7) is 6.07. The highest BCUT2D eigenvalue weighted by molar-refractivity contribution is 5.94.